The number of rotatable bonds is 7. The SMILES string of the molecule is CCC(C)NC(=O)C(C)N(C)CCC(=O)O. The number of aliphatic carboxylic acids is 1. The normalized spacial score (nSPS) is 14.6. The first-order valence-electron chi connectivity index (χ1n) is 5.60. The Hall–Kier alpha value is -1.10. The molecule has 16 heavy (non-hydrogen) atoms. The Morgan fingerprint density at radius 1 is 1.38 bits per heavy atom. The number of amides is 1. The molecule has 2 atom stereocenters. The highest BCUT2D eigenvalue weighted by molar-refractivity contribution is 5.81. The van der Waals surface area contributed by atoms with Gasteiger partial charge in [-0.25, -0.2) is 0 Å². The number of hydrogen-bond donors (Lipinski definition) is 2. The third-order valence-electron chi connectivity index (χ3n) is 2.72. The van der Waals surface area contributed by atoms with Crippen molar-refractivity contribution >= 4 is 11.9 Å². The van der Waals surface area contributed by atoms with E-state index in [2.05, 4.69) is 5.32 Å². The summed E-state index contributed by atoms with van der Waals surface area (Å²) in [7, 11) is 1.75. The van der Waals surface area contributed by atoms with Gasteiger partial charge in [-0.1, -0.05) is 6.92 Å². The maximum Gasteiger partial charge on any atom is 0.304 e. The second-order valence-electron chi connectivity index (χ2n) is 4.12. The van der Waals surface area contributed by atoms with Crippen LogP contribution < -0.4 is 5.32 Å². The lowest BCUT2D eigenvalue weighted by molar-refractivity contribution is -0.138. The minimum absolute atomic E-state index is 0.0530. The lowest BCUT2D eigenvalue weighted by atomic mass is 10.2. The lowest BCUT2D eigenvalue weighted by Gasteiger charge is -2.24. The fourth-order valence-corrected chi connectivity index (χ4v) is 1.13. The summed E-state index contributed by atoms with van der Waals surface area (Å²) >= 11 is 0. The molecule has 1 amide bonds. The first-order chi connectivity index (χ1) is 7.38. The largest absolute Gasteiger partial charge is 0.481 e. The summed E-state index contributed by atoms with van der Waals surface area (Å²) in [4.78, 5) is 23.8. The molecule has 5 nitrogen and oxygen atoms in total. The van der Waals surface area contributed by atoms with Crippen molar-refractivity contribution in [1.82, 2.24) is 10.2 Å². The van der Waals surface area contributed by atoms with Crippen molar-refractivity contribution in [2.75, 3.05) is 13.6 Å². The van der Waals surface area contributed by atoms with Crippen molar-refractivity contribution in [3.63, 3.8) is 0 Å². The number of likely N-dealkylation sites (N-methyl/N-ethyl adjacent to an activating group) is 1. The molecule has 0 bridgehead atoms. The number of nitrogens with zero attached hydrogens (tertiary/aromatic N) is 1. The highest BCUT2D eigenvalue weighted by Crippen LogP contribution is 1.99. The van der Waals surface area contributed by atoms with E-state index in [9.17, 15) is 9.59 Å². The molecular formula is C11H22N2O3. The van der Waals surface area contributed by atoms with Crippen LogP contribution in [0.4, 0.5) is 0 Å². The third kappa shape index (κ3) is 5.70. The van der Waals surface area contributed by atoms with E-state index in [-0.39, 0.29) is 24.4 Å². The molecule has 94 valence electrons. The van der Waals surface area contributed by atoms with Crippen LogP contribution in [0, 0.1) is 0 Å². The summed E-state index contributed by atoms with van der Waals surface area (Å²) in [5.74, 6) is -0.899. The van der Waals surface area contributed by atoms with E-state index in [1.165, 1.54) is 0 Å². The summed E-state index contributed by atoms with van der Waals surface area (Å²) in [6, 6.07) is -0.142. The Bertz CT molecular complexity index is 243. The first kappa shape index (κ1) is 14.9. The number of carbonyl (C=O) groups is 2. The quantitative estimate of drug-likeness (QED) is 0.675. The summed E-state index contributed by atoms with van der Waals surface area (Å²) in [6.45, 7) is 6.11. The molecule has 0 aliphatic carbocycles. The second kappa shape index (κ2) is 7.22. The number of carbonyl (C=O) groups excluding carboxylic acids is 1. The molecule has 2 unspecified atom stereocenters. The van der Waals surface area contributed by atoms with Crippen LogP contribution in [0.15, 0.2) is 0 Å². The van der Waals surface area contributed by atoms with Crippen LogP contribution >= 0.6 is 0 Å². The predicted octanol–water partition coefficient (Wildman–Crippen LogP) is 0.696. The molecule has 0 aliphatic rings. The molecule has 0 saturated heterocycles. The maximum atomic E-state index is 11.7. The van der Waals surface area contributed by atoms with Crippen LogP contribution in [0.3, 0.4) is 0 Å². The van der Waals surface area contributed by atoms with Crippen molar-refractivity contribution in [2.24, 2.45) is 0 Å². The van der Waals surface area contributed by atoms with Gasteiger partial charge in [-0.3, -0.25) is 14.5 Å². The lowest BCUT2D eigenvalue weighted by Crippen LogP contribution is -2.46. The van der Waals surface area contributed by atoms with Gasteiger partial charge in [0.1, 0.15) is 0 Å². The van der Waals surface area contributed by atoms with Crippen LogP contribution in [0.1, 0.15) is 33.6 Å². The minimum Gasteiger partial charge on any atom is -0.481 e. The van der Waals surface area contributed by atoms with Crippen molar-refractivity contribution < 1.29 is 14.7 Å². The zero-order valence-electron chi connectivity index (χ0n) is 10.5. The van der Waals surface area contributed by atoms with Crippen molar-refractivity contribution in [2.45, 2.75) is 45.7 Å². The van der Waals surface area contributed by atoms with Crippen LogP contribution in [0.2, 0.25) is 0 Å². The average molecular weight is 230 g/mol. The fourth-order valence-electron chi connectivity index (χ4n) is 1.13. The van der Waals surface area contributed by atoms with E-state index < -0.39 is 5.97 Å². The average Bonchev–Trinajstić information content (AvgIpc) is 2.24. The maximum absolute atomic E-state index is 11.7. The molecule has 0 aromatic heterocycles. The van der Waals surface area contributed by atoms with E-state index in [4.69, 9.17) is 5.11 Å². The van der Waals surface area contributed by atoms with Crippen LogP contribution in [-0.4, -0.2) is 47.6 Å². The Labute approximate surface area is 96.8 Å². The standard InChI is InChI=1S/C11H22N2O3/c1-5-8(2)12-11(16)9(3)13(4)7-6-10(14)15/h8-9H,5-7H2,1-4H3,(H,12,16)(H,14,15). The van der Waals surface area contributed by atoms with E-state index in [0.29, 0.717) is 6.54 Å². The van der Waals surface area contributed by atoms with Gasteiger partial charge in [-0.05, 0) is 27.3 Å². The molecule has 0 radical (unpaired) electrons. The van der Waals surface area contributed by atoms with Crippen LogP contribution in [0.5, 0.6) is 0 Å². The van der Waals surface area contributed by atoms with E-state index in [0.717, 1.165) is 6.42 Å². The molecule has 5 heteroatoms. The molecule has 0 aliphatic heterocycles. The summed E-state index contributed by atoms with van der Waals surface area (Å²) in [6.07, 6.45) is 0.939. The van der Waals surface area contributed by atoms with Gasteiger partial charge in [0.2, 0.25) is 5.91 Å². The molecule has 0 aromatic rings. The van der Waals surface area contributed by atoms with Crippen molar-refractivity contribution in [1.29, 1.82) is 0 Å². The van der Waals surface area contributed by atoms with Gasteiger partial charge in [0.15, 0.2) is 0 Å². The summed E-state index contributed by atoms with van der Waals surface area (Å²) in [5, 5.41) is 11.4. The molecule has 0 heterocycles. The molecular weight excluding hydrogens is 208 g/mol. The monoisotopic (exact) mass is 230 g/mol. The zero-order valence-corrected chi connectivity index (χ0v) is 10.5. The molecule has 0 rings (SSSR count). The van der Waals surface area contributed by atoms with Gasteiger partial charge in [0, 0.05) is 12.6 Å². The topological polar surface area (TPSA) is 69.6 Å². The number of carboxylic acid groups (broad SMARTS) is 1. The molecule has 0 spiro atoms. The molecule has 0 aromatic carbocycles. The zero-order chi connectivity index (χ0) is 12.7. The summed E-state index contributed by atoms with van der Waals surface area (Å²) < 4.78 is 0. The third-order valence-corrected chi connectivity index (χ3v) is 2.72. The molecule has 2 N–H and O–H groups in total. The van der Waals surface area contributed by atoms with E-state index in [1.54, 1.807) is 18.9 Å². The van der Waals surface area contributed by atoms with Gasteiger partial charge in [-0.2, -0.15) is 0 Å². The molecule has 0 saturated carbocycles. The number of carboxylic acids is 1. The second-order valence-corrected chi connectivity index (χ2v) is 4.12. The highest BCUT2D eigenvalue weighted by Gasteiger charge is 2.19. The van der Waals surface area contributed by atoms with Gasteiger partial charge in [0.25, 0.3) is 0 Å². The Kier molecular flexibility index (Phi) is 6.72. The van der Waals surface area contributed by atoms with Gasteiger partial charge in [0.05, 0.1) is 12.5 Å². The Balaban J connectivity index is 4.05. The van der Waals surface area contributed by atoms with Crippen LogP contribution in [0.25, 0.3) is 0 Å². The molecule has 0 fully saturated rings. The number of hydrogen-bond acceptors (Lipinski definition) is 3. The van der Waals surface area contributed by atoms with Crippen LogP contribution in [-0.2, 0) is 9.59 Å². The first-order valence-corrected chi connectivity index (χ1v) is 5.60. The Morgan fingerprint density at radius 3 is 2.38 bits per heavy atom. The van der Waals surface area contributed by atoms with Crippen molar-refractivity contribution in [3.05, 3.63) is 0 Å². The van der Waals surface area contributed by atoms with Crippen molar-refractivity contribution in [3.8, 4) is 0 Å². The van der Waals surface area contributed by atoms with E-state index in [1.807, 2.05) is 13.8 Å². The Morgan fingerprint density at radius 2 is 1.94 bits per heavy atom. The number of nitrogens with one attached hydrogen (secondary N) is 1. The highest BCUT2D eigenvalue weighted by atomic mass is 16.4. The predicted molar refractivity (Wildman–Crippen MR) is 62.2 cm³/mol. The van der Waals surface area contributed by atoms with Gasteiger partial charge in [-0.15, -0.1) is 0 Å². The van der Waals surface area contributed by atoms with Gasteiger partial charge >= 0.3 is 5.97 Å². The smallest absolute Gasteiger partial charge is 0.304 e. The van der Waals surface area contributed by atoms with Gasteiger partial charge < -0.3 is 10.4 Å². The fraction of sp³-hybridized carbons (Fsp3) is 0.818. The minimum atomic E-state index is -0.846. The summed E-state index contributed by atoms with van der Waals surface area (Å²) in [5.41, 5.74) is 0. The van der Waals surface area contributed by atoms with E-state index >= 15 is 0 Å².